The molecule has 2 heterocycles. The maximum atomic E-state index is 11.4. The molecule has 2 aliphatic rings. The summed E-state index contributed by atoms with van der Waals surface area (Å²) in [5, 5.41) is 12.6. The van der Waals surface area contributed by atoms with Gasteiger partial charge < -0.3 is 15.3 Å². The van der Waals surface area contributed by atoms with Crippen LogP contribution >= 0.6 is 0 Å². The van der Waals surface area contributed by atoms with Gasteiger partial charge in [-0.25, -0.2) is 9.78 Å². The van der Waals surface area contributed by atoms with Gasteiger partial charge in [0, 0.05) is 12.2 Å². The second-order valence-corrected chi connectivity index (χ2v) is 5.98. The lowest BCUT2D eigenvalue weighted by atomic mass is 10.1. The van der Waals surface area contributed by atoms with Crippen LogP contribution in [0.1, 0.15) is 47.3 Å². The maximum Gasteiger partial charge on any atom is 0.339 e. The average Bonchev–Trinajstić information content (AvgIpc) is 3.13. The molecular weight excluding hydrogens is 266 g/mol. The summed E-state index contributed by atoms with van der Waals surface area (Å²) >= 11 is 0. The molecule has 0 saturated carbocycles. The largest absolute Gasteiger partial charge is 0.478 e. The third-order valence-corrected chi connectivity index (χ3v) is 4.42. The second kappa shape index (κ2) is 6.43. The predicted octanol–water partition coefficient (Wildman–Crippen LogP) is 2.17. The molecule has 0 spiro atoms. The van der Waals surface area contributed by atoms with E-state index in [9.17, 15) is 9.90 Å². The number of aromatic nitrogens is 1. The summed E-state index contributed by atoms with van der Waals surface area (Å²) < 4.78 is 0. The predicted molar refractivity (Wildman–Crippen MR) is 82.0 cm³/mol. The fourth-order valence-electron chi connectivity index (χ4n) is 3.29. The van der Waals surface area contributed by atoms with Crippen molar-refractivity contribution < 1.29 is 9.90 Å². The molecule has 3 rings (SSSR count). The van der Waals surface area contributed by atoms with Crippen LogP contribution in [0.4, 0.5) is 5.82 Å². The third kappa shape index (κ3) is 3.35. The number of anilines is 1. The van der Waals surface area contributed by atoms with E-state index in [1.165, 1.54) is 25.9 Å². The Morgan fingerprint density at radius 2 is 2.10 bits per heavy atom. The minimum absolute atomic E-state index is 0.317. The van der Waals surface area contributed by atoms with Crippen molar-refractivity contribution in [2.24, 2.45) is 0 Å². The first kappa shape index (κ1) is 14.3. The smallest absolute Gasteiger partial charge is 0.339 e. The Balaban J connectivity index is 1.59. The van der Waals surface area contributed by atoms with Gasteiger partial charge in [-0.1, -0.05) is 0 Å². The normalized spacial score (nSPS) is 17.9. The molecule has 21 heavy (non-hydrogen) atoms. The molecule has 0 amide bonds. The van der Waals surface area contributed by atoms with E-state index in [0.717, 1.165) is 50.0 Å². The van der Waals surface area contributed by atoms with Crippen molar-refractivity contribution in [3.8, 4) is 0 Å². The van der Waals surface area contributed by atoms with Gasteiger partial charge in [0.15, 0.2) is 0 Å². The number of nitrogens with zero attached hydrogens (tertiary/aromatic N) is 2. The summed E-state index contributed by atoms with van der Waals surface area (Å²) in [6.45, 7) is 4.28. The van der Waals surface area contributed by atoms with Crippen molar-refractivity contribution in [1.29, 1.82) is 0 Å². The summed E-state index contributed by atoms with van der Waals surface area (Å²) in [4.78, 5) is 18.4. The van der Waals surface area contributed by atoms with E-state index in [1.807, 2.05) is 0 Å². The summed E-state index contributed by atoms with van der Waals surface area (Å²) in [6, 6.07) is 1.81. The SMILES string of the molecule is O=C(O)c1cc2c(nc1NCCCN1CCCC1)CCC2. The maximum absolute atomic E-state index is 11.4. The first-order chi connectivity index (χ1) is 10.2. The number of fused-ring (bicyclic) bond motifs is 1. The van der Waals surface area contributed by atoms with Crippen LogP contribution in [0.15, 0.2) is 6.07 Å². The molecule has 114 valence electrons. The van der Waals surface area contributed by atoms with Gasteiger partial charge in [0.25, 0.3) is 0 Å². The molecule has 0 unspecified atom stereocenters. The first-order valence-electron chi connectivity index (χ1n) is 7.96. The molecule has 0 radical (unpaired) electrons. The van der Waals surface area contributed by atoms with Crippen LogP contribution < -0.4 is 5.32 Å². The molecule has 2 N–H and O–H groups in total. The zero-order valence-corrected chi connectivity index (χ0v) is 12.4. The zero-order chi connectivity index (χ0) is 14.7. The van der Waals surface area contributed by atoms with E-state index in [1.54, 1.807) is 6.07 Å². The van der Waals surface area contributed by atoms with Gasteiger partial charge in [0.2, 0.25) is 0 Å². The number of carbonyl (C=O) groups is 1. The van der Waals surface area contributed by atoms with Gasteiger partial charge >= 0.3 is 5.97 Å². The number of aromatic carboxylic acids is 1. The lowest BCUT2D eigenvalue weighted by molar-refractivity contribution is 0.0697. The van der Waals surface area contributed by atoms with Crippen molar-refractivity contribution in [3.63, 3.8) is 0 Å². The van der Waals surface area contributed by atoms with Crippen molar-refractivity contribution in [1.82, 2.24) is 9.88 Å². The summed E-state index contributed by atoms with van der Waals surface area (Å²) in [5.41, 5.74) is 2.49. The topological polar surface area (TPSA) is 65.5 Å². The molecule has 1 aliphatic carbocycles. The van der Waals surface area contributed by atoms with Gasteiger partial charge in [-0.05, 0) is 69.8 Å². The molecule has 5 nitrogen and oxygen atoms in total. The Morgan fingerprint density at radius 1 is 1.29 bits per heavy atom. The Labute approximate surface area is 125 Å². The highest BCUT2D eigenvalue weighted by atomic mass is 16.4. The van der Waals surface area contributed by atoms with Gasteiger partial charge in [-0.2, -0.15) is 0 Å². The standard InChI is InChI=1S/C16H23N3O2/c20-16(21)13-11-12-5-3-6-14(12)18-15(13)17-7-4-10-19-8-1-2-9-19/h11H,1-10H2,(H,17,18)(H,20,21). The van der Waals surface area contributed by atoms with E-state index >= 15 is 0 Å². The fourth-order valence-corrected chi connectivity index (χ4v) is 3.29. The molecule has 1 aromatic rings. The number of rotatable bonds is 6. The Hall–Kier alpha value is -1.62. The molecule has 0 aromatic carbocycles. The van der Waals surface area contributed by atoms with Gasteiger partial charge in [0.1, 0.15) is 11.4 Å². The average molecular weight is 289 g/mol. The quantitative estimate of drug-likeness (QED) is 0.786. The van der Waals surface area contributed by atoms with Crippen LogP contribution in [0.2, 0.25) is 0 Å². The van der Waals surface area contributed by atoms with E-state index < -0.39 is 5.97 Å². The highest BCUT2D eigenvalue weighted by molar-refractivity contribution is 5.93. The van der Waals surface area contributed by atoms with Gasteiger partial charge in [0.05, 0.1) is 0 Å². The Morgan fingerprint density at radius 3 is 2.86 bits per heavy atom. The number of carboxylic acids is 1. The van der Waals surface area contributed by atoms with Crippen molar-refractivity contribution in [2.75, 3.05) is 31.5 Å². The number of aryl methyl sites for hydroxylation is 2. The number of hydrogen-bond acceptors (Lipinski definition) is 4. The fraction of sp³-hybridized carbons (Fsp3) is 0.625. The van der Waals surface area contributed by atoms with Crippen LogP contribution in [-0.4, -0.2) is 47.1 Å². The minimum atomic E-state index is -0.890. The third-order valence-electron chi connectivity index (χ3n) is 4.42. The second-order valence-electron chi connectivity index (χ2n) is 5.98. The molecular formula is C16H23N3O2. The van der Waals surface area contributed by atoms with Crippen molar-refractivity contribution in [3.05, 3.63) is 22.9 Å². The lowest BCUT2D eigenvalue weighted by Gasteiger charge is -2.15. The molecule has 1 fully saturated rings. The summed E-state index contributed by atoms with van der Waals surface area (Å²) in [5.74, 6) is -0.344. The number of pyridine rings is 1. The van der Waals surface area contributed by atoms with E-state index in [-0.39, 0.29) is 0 Å². The first-order valence-corrected chi connectivity index (χ1v) is 7.96. The molecule has 1 saturated heterocycles. The van der Waals surface area contributed by atoms with Crippen LogP contribution in [0.25, 0.3) is 0 Å². The Kier molecular flexibility index (Phi) is 4.39. The molecule has 1 aliphatic heterocycles. The highest BCUT2D eigenvalue weighted by Gasteiger charge is 2.19. The number of likely N-dealkylation sites (tertiary alicyclic amines) is 1. The van der Waals surface area contributed by atoms with E-state index in [2.05, 4.69) is 15.2 Å². The van der Waals surface area contributed by atoms with Crippen LogP contribution in [0, 0.1) is 0 Å². The van der Waals surface area contributed by atoms with Gasteiger partial charge in [-0.3, -0.25) is 0 Å². The van der Waals surface area contributed by atoms with Crippen molar-refractivity contribution in [2.45, 2.75) is 38.5 Å². The van der Waals surface area contributed by atoms with Gasteiger partial charge in [-0.15, -0.1) is 0 Å². The highest BCUT2D eigenvalue weighted by Crippen LogP contribution is 2.25. The molecule has 0 bridgehead atoms. The van der Waals surface area contributed by atoms with Crippen LogP contribution in [0.5, 0.6) is 0 Å². The van der Waals surface area contributed by atoms with Crippen LogP contribution in [-0.2, 0) is 12.8 Å². The molecule has 0 atom stereocenters. The lowest BCUT2D eigenvalue weighted by Crippen LogP contribution is -2.22. The minimum Gasteiger partial charge on any atom is -0.478 e. The van der Waals surface area contributed by atoms with Crippen molar-refractivity contribution >= 4 is 11.8 Å². The number of carboxylic acid groups (broad SMARTS) is 1. The Bertz CT molecular complexity index is 524. The number of nitrogens with one attached hydrogen (secondary N) is 1. The zero-order valence-electron chi connectivity index (χ0n) is 12.4. The number of hydrogen-bond donors (Lipinski definition) is 2. The molecule has 5 heteroatoms. The summed E-state index contributed by atoms with van der Waals surface area (Å²) in [6.07, 6.45) is 6.65. The molecule has 1 aromatic heterocycles. The monoisotopic (exact) mass is 289 g/mol. The van der Waals surface area contributed by atoms with E-state index in [4.69, 9.17) is 0 Å². The van der Waals surface area contributed by atoms with Crippen LogP contribution in [0.3, 0.4) is 0 Å². The summed E-state index contributed by atoms with van der Waals surface area (Å²) in [7, 11) is 0. The van der Waals surface area contributed by atoms with E-state index in [0.29, 0.717) is 11.4 Å².